The Bertz CT molecular complexity index is 655. The predicted octanol–water partition coefficient (Wildman–Crippen LogP) is 4.54. The minimum Gasteiger partial charge on any atom is -0.0798 e. The fourth-order valence-electron chi connectivity index (χ4n) is 2.27. The van der Waals surface area contributed by atoms with Crippen LogP contribution in [0.25, 0.3) is 27.6 Å². The van der Waals surface area contributed by atoms with Crippen molar-refractivity contribution in [3.05, 3.63) is 53.7 Å². The van der Waals surface area contributed by atoms with Crippen molar-refractivity contribution < 1.29 is 0 Å². The van der Waals surface area contributed by atoms with Gasteiger partial charge in [0.25, 0.3) is 0 Å². The molecule has 0 nitrogen and oxygen atoms in total. The monoisotopic (exact) mass is 222 g/mol. The van der Waals surface area contributed by atoms with Gasteiger partial charge in [-0.15, -0.1) is 0 Å². The molecular formula is C17H18. The summed E-state index contributed by atoms with van der Waals surface area (Å²) in [6.45, 7) is 6.09. The van der Waals surface area contributed by atoms with Gasteiger partial charge in [0, 0.05) is 0 Å². The maximum absolute atomic E-state index is 2.20. The summed E-state index contributed by atoms with van der Waals surface area (Å²) in [4.78, 5) is 0. The number of rotatable bonds is 0. The van der Waals surface area contributed by atoms with Crippen molar-refractivity contribution in [2.24, 2.45) is 0 Å². The molecule has 0 atom stereocenters. The van der Waals surface area contributed by atoms with Gasteiger partial charge < -0.3 is 0 Å². The van der Waals surface area contributed by atoms with Crippen LogP contribution in [0.4, 0.5) is 0 Å². The highest BCUT2D eigenvalue weighted by atomic mass is 14.0. The Kier molecular flexibility index (Phi) is 3.43. The van der Waals surface area contributed by atoms with Crippen molar-refractivity contribution in [1.29, 1.82) is 0 Å². The first-order valence-electron chi connectivity index (χ1n) is 6.26. The zero-order valence-electron chi connectivity index (χ0n) is 10.7. The van der Waals surface area contributed by atoms with Gasteiger partial charge in [-0.25, -0.2) is 0 Å². The van der Waals surface area contributed by atoms with Gasteiger partial charge in [0.15, 0.2) is 0 Å². The van der Waals surface area contributed by atoms with Crippen molar-refractivity contribution >= 4 is 27.6 Å². The Morgan fingerprint density at radius 2 is 1.35 bits per heavy atom. The van der Waals surface area contributed by atoms with E-state index in [0.717, 1.165) is 0 Å². The molecule has 0 bridgehead atoms. The lowest BCUT2D eigenvalue weighted by atomic mass is 9.99. The summed E-state index contributed by atoms with van der Waals surface area (Å²) >= 11 is 0. The van der Waals surface area contributed by atoms with Crippen LogP contribution in [0.15, 0.2) is 48.5 Å². The molecule has 0 N–H and O–H groups in total. The lowest BCUT2D eigenvalue weighted by Gasteiger charge is -2.05. The summed E-state index contributed by atoms with van der Waals surface area (Å²) in [5.41, 5.74) is 0. The second-order valence-electron chi connectivity index (χ2n) is 3.83. The lowest BCUT2D eigenvalue weighted by molar-refractivity contribution is 1.50. The first-order valence-corrected chi connectivity index (χ1v) is 6.26. The molecule has 0 heterocycles. The third kappa shape index (κ3) is 1.91. The second kappa shape index (κ2) is 5.01. The SMILES string of the molecule is C/C=c1/ccc2cccc3cccc1c32.CC. The lowest BCUT2D eigenvalue weighted by Crippen LogP contribution is -2.00. The van der Waals surface area contributed by atoms with Gasteiger partial charge in [0.2, 0.25) is 0 Å². The molecule has 0 fully saturated rings. The minimum absolute atomic E-state index is 1.32. The van der Waals surface area contributed by atoms with E-state index in [1.807, 2.05) is 13.8 Å². The molecule has 0 amide bonds. The zero-order chi connectivity index (χ0) is 12.3. The van der Waals surface area contributed by atoms with Crippen LogP contribution in [0.5, 0.6) is 0 Å². The van der Waals surface area contributed by atoms with Crippen LogP contribution in [0.3, 0.4) is 0 Å². The Morgan fingerprint density at radius 1 is 0.765 bits per heavy atom. The molecule has 0 unspecified atom stereocenters. The van der Waals surface area contributed by atoms with Gasteiger partial charge in [-0.2, -0.15) is 0 Å². The normalized spacial score (nSPS) is 11.6. The highest BCUT2D eigenvalue weighted by molar-refractivity contribution is 6.10. The Labute approximate surface area is 103 Å². The number of benzene rings is 3. The van der Waals surface area contributed by atoms with E-state index >= 15 is 0 Å². The van der Waals surface area contributed by atoms with Crippen LogP contribution < -0.4 is 5.22 Å². The molecule has 0 aliphatic heterocycles. The molecular weight excluding hydrogens is 204 g/mol. The highest BCUT2D eigenvalue weighted by Gasteiger charge is 2.00. The molecule has 3 aromatic carbocycles. The molecule has 0 heteroatoms. The second-order valence-corrected chi connectivity index (χ2v) is 3.83. The summed E-state index contributed by atoms with van der Waals surface area (Å²) < 4.78 is 0. The number of hydrogen-bond donors (Lipinski definition) is 0. The van der Waals surface area contributed by atoms with Crippen LogP contribution in [0.2, 0.25) is 0 Å². The van der Waals surface area contributed by atoms with Gasteiger partial charge in [0.05, 0.1) is 0 Å². The van der Waals surface area contributed by atoms with E-state index in [-0.39, 0.29) is 0 Å². The molecule has 0 spiro atoms. The average molecular weight is 222 g/mol. The number of hydrogen-bond acceptors (Lipinski definition) is 0. The van der Waals surface area contributed by atoms with Crippen molar-refractivity contribution in [2.75, 3.05) is 0 Å². The first-order chi connectivity index (χ1) is 8.40. The standard InChI is InChI=1S/C15H12.C2H6/c1-2-11-9-10-13-6-3-5-12-7-4-8-14(11)15(12)13;1-2/h2-10H,1H3;1-2H3/b11-2-;. The fraction of sp³-hybridized carbons (Fsp3) is 0.176. The van der Waals surface area contributed by atoms with E-state index in [0.29, 0.717) is 0 Å². The summed E-state index contributed by atoms with van der Waals surface area (Å²) in [6.07, 6.45) is 2.17. The fourth-order valence-corrected chi connectivity index (χ4v) is 2.27. The predicted molar refractivity (Wildman–Crippen MR) is 78.2 cm³/mol. The van der Waals surface area contributed by atoms with E-state index in [2.05, 4.69) is 61.5 Å². The summed E-state index contributed by atoms with van der Waals surface area (Å²) in [6, 6.07) is 17.4. The van der Waals surface area contributed by atoms with Gasteiger partial charge >= 0.3 is 0 Å². The quantitative estimate of drug-likeness (QED) is 0.524. The van der Waals surface area contributed by atoms with Gasteiger partial charge in [0.1, 0.15) is 0 Å². The van der Waals surface area contributed by atoms with Crippen LogP contribution in [0.1, 0.15) is 20.8 Å². The molecule has 17 heavy (non-hydrogen) atoms. The summed E-state index contributed by atoms with van der Waals surface area (Å²) in [5, 5.41) is 6.71. The van der Waals surface area contributed by atoms with E-state index in [4.69, 9.17) is 0 Å². The van der Waals surface area contributed by atoms with Crippen LogP contribution in [-0.2, 0) is 0 Å². The summed E-state index contributed by atoms with van der Waals surface area (Å²) in [7, 11) is 0. The van der Waals surface area contributed by atoms with Crippen LogP contribution in [-0.4, -0.2) is 0 Å². The van der Waals surface area contributed by atoms with Crippen molar-refractivity contribution in [3.8, 4) is 0 Å². The summed E-state index contributed by atoms with van der Waals surface area (Å²) in [5.74, 6) is 0. The first kappa shape index (κ1) is 11.7. The molecule has 86 valence electrons. The third-order valence-corrected chi connectivity index (χ3v) is 3.00. The minimum atomic E-state index is 1.32. The van der Waals surface area contributed by atoms with Crippen molar-refractivity contribution in [1.82, 2.24) is 0 Å². The zero-order valence-corrected chi connectivity index (χ0v) is 10.7. The molecule has 3 rings (SSSR count). The topological polar surface area (TPSA) is 0 Å². The average Bonchev–Trinajstić information content (AvgIpc) is 2.42. The van der Waals surface area contributed by atoms with Crippen LogP contribution >= 0.6 is 0 Å². The Balaban J connectivity index is 0.000000514. The molecule has 0 aliphatic carbocycles. The van der Waals surface area contributed by atoms with Crippen LogP contribution in [0, 0.1) is 0 Å². The maximum atomic E-state index is 2.20. The van der Waals surface area contributed by atoms with E-state index in [1.54, 1.807) is 0 Å². The molecule has 0 saturated heterocycles. The Morgan fingerprint density at radius 3 is 2.00 bits per heavy atom. The highest BCUT2D eigenvalue weighted by Crippen LogP contribution is 2.23. The Hall–Kier alpha value is -1.82. The van der Waals surface area contributed by atoms with Gasteiger partial charge in [-0.3, -0.25) is 0 Å². The molecule has 3 aromatic rings. The largest absolute Gasteiger partial charge is 0.0798 e. The van der Waals surface area contributed by atoms with E-state index < -0.39 is 0 Å². The van der Waals surface area contributed by atoms with Crippen molar-refractivity contribution in [2.45, 2.75) is 20.8 Å². The third-order valence-electron chi connectivity index (χ3n) is 3.00. The van der Waals surface area contributed by atoms with E-state index in [1.165, 1.54) is 26.8 Å². The van der Waals surface area contributed by atoms with Crippen molar-refractivity contribution in [3.63, 3.8) is 0 Å². The molecule has 0 aromatic heterocycles. The van der Waals surface area contributed by atoms with Gasteiger partial charge in [-0.05, 0) is 33.7 Å². The van der Waals surface area contributed by atoms with E-state index in [9.17, 15) is 0 Å². The maximum Gasteiger partial charge on any atom is -0.00330 e. The molecule has 0 saturated carbocycles. The molecule has 0 radical (unpaired) electrons. The molecule has 0 aliphatic rings. The van der Waals surface area contributed by atoms with Gasteiger partial charge in [-0.1, -0.05) is 68.5 Å². The smallest absolute Gasteiger partial charge is 0.00330 e.